The summed E-state index contributed by atoms with van der Waals surface area (Å²) in [6, 6.07) is 28.2. The Hall–Kier alpha value is -3.18. The molecule has 33 heavy (non-hydrogen) atoms. The van der Waals surface area contributed by atoms with Crippen LogP contribution >= 0.6 is 0 Å². The number of hydrogen-bond acceptors (Lipinski definition) is 3. The van der Waals surface area contributed by atoms with Gasteiger partial charge in [0.15, 0.2) is 0 Å². The van der Waals surface area contributed by atoms with Crippen molar-refractivity contribution in [1.82, 2.24) is 15.4 Å². The van der Waals surface area contributed by atoms with Crippen LogP contribution in [0, 0.1) is 0 Å². The van der Waals surface area contributed by atoms with Gasteiger partial charge < -0.3 is 10.2 Å². The highest BCUT2D eigenvalue weighted by Gasteiger charge is 2.26. The zero-order chi connectivity index (χ0) is 22.5. The summed E-state index contributed by atoms with van der Waals surface area (Å²) in [6.07, 6.45) is 6.37. The monoisotopic (exact) mass is 437 g/mol. The molecule has 5 rings (SSSR count). The van der Waals surface area contributed by atoms with Crippen LogP contribution in [0.5, 0.6) is 0 Å². The van der Waals surface area contributed by atoms with Gasteiger partial charge in [-0.2, -0.15) is 0 Å². The molecule has 1 aliphatic heterocycles. The number of piperidine rings is 1. The van der Waals surface area contributed by atoms with Gasteiger partial charge in [0.1, 0.15) is 0 Å². The van der Waals surface area contributed by atoms with Crippen LogP contribution in [0.2, 0.25) is 0 Å². The Morgan fingerprint density at radius 3 is 2.58 bits per heavy atom. The zero-order valence-electron chi connectivity index (χ0n) is 18.9. The van der Waals surface area contributed by atoms with Crippen LogP contribution in [0.1, 0.15) is 35.4 Å². The Labute approximate surface area is 195 Å². The number of H-pyrrole nitrogens is 1. The van der Waals surface area contributed by atoms with E-state index in [1.54, 1.807) is 0 Å². The maximum Gasteiger partial charge on any atom is 0.0500 e. The molecule has 0 spiro atoms. The van der Waals surface area contributed by atoms with Crippen molar-refractivity contribution in [1.29, 1.82) is 0 Å². The van der Waals surface area contributed by atoms with Crippen LogP contribution in [0.25, 0.3) is 28.2 Å². The van der Waals surface area contributed by atoms with Crippen LogP contribution < -0.4 is 5.48 Å². The fourth-order valence-corrected chi connectivity index (χ4v) is 5.10. The molecule has 168 valence electrons. The fraction of sp³-hybridized carbons (Fsp3) is 0.241. The van der Waals surface area contributed by atoms with Crippen molar-refractivity contribution in [2.45, 2.75) is 25.3 Å². The number of hydroxylamine groups is 1. The van der Waals surface area contributed by atoms with E-state index in [1.165, 1.54) is 46.1 Å². The van der Waals surface area contributed by atoms with Crippen LogP contribution in [0.4, 0.5) is 0 Å². The smallest absolute Gasteiger partial charge is 0.0500 e. The first-order valence-corrected chi connectivity index (χ1v) is 11.8. The molecule has 1 saturated heterocycles. The molecule has 0 amide bonds. The largest absolute Gasteiger partial charge is 0.354 e. The summed E-state index contributed by atoms with van der Waals surface area (Å²) in [5.74, 6) is 0.512. The van der Waals surface area contributed by atoms with E-state index >= 15 is 0 Å². The first kappa shape index (κ1) is 21.7. The van der Waals surface area contributed by atoms with E-state index < -0.39 is 0 Å². The highest BCUT2D eigenvalue weighted by atomic mass is 16.5. The molecule has 1 atom stereocenters. The van der Waals surface area contributed by atoms with Crippen molar-refractivity contribution < 1.29 is 5.21 Å². The quantitative estimate of drug-likeness (QED) is 0.301. The number of nitrogens with one attached hydrogen (secondary N) is 2. The summed E-state index contributed by atoms with van der Waals surface area (Å²) in [4.78, 5) is 6.33. The lowest BCUT2D eigenvalue weighted by Crippen LogP contribution is -2.34. The molecule has 0 bridgehead atoms. The Bertz CT molecular complexity index is 1210. The number of benzene rings is 3. The molecule has 0 aliphatic carbocycles. The summed E-state index contributed by atoms with van der Waals surface area (Å²) >= 11 is 0. The van der Waals surface area contributed by atoms with Crippen molar-refractivity contribution in [3.8, 4) is 11.3 Å². The minimum atomic E-state index is 0.454. The van der Waals surface area contributed by atoms with Gasteiger partial charge in [0.25, 0.3) is 0 Å². The van der Waals surface area contributed by atoms with Gasteiger partial charge in [0.05, 0.1) is 5.69 Å². The summed E-state index contributed by atoms with van der Waals surface area (Å²) in [6.45, 7) is 3.65. The predicted molar refractivity (Wildman–Crippen MR) is 136 cm³/mol. The molecule has 1 unspecified atom stereocenters. The summed E-state index contributed by atoms with van der Waals surface area (Å²) in [7, 11) is 0. The van der Waals surface area contributed by atoms with Crippen molar-refractivity contribution in [3.63, 3.8) is 0 Å². The van der Waals surface area contributed by atoms with Crippen LogP contribution in [0.15, 0.2) is 84.9 Å². The van der Waals surface area contributed by atoms with Gasteiger partial charge in [-0.1, -0.05) is 84.9 Å². The highest BCUT2D eigenvalue weighted by molar-refractivity contribution is 5.91. The number of rotatable bonds is 7. The minimum absolute atomic E-state index is 0.454. The van der Waals surface area contributed by atoms with Gasteiger partial charge in [-0.25, -0.2) is 5.48 Å². The fourth-order valence-electron chi connectivity index (χ4n) is 5.10. The van der Waals surface area contributed by atoms with E-state index in [9.17, 15) is 0 Å². The maximum atomic E-state index is 8.69. The van der Waals surface area contributed by atoms with Crippen molar-refractivity contribution >= 4 is 17.0 Å². The predicted octanol–water partition coefficient (Wildman–Crippen LogP) is 6.21. The Morgan fingerprint density at radius 1 is 0.970 bits per heavy atom. The highest BCUT2D eigenvalue weighted by Crippen LogP contribution is 2.39. The third-order valence-electron chi connectivity index (χ3n) is 6.63. The second-order valence-corrected chi connectivity index (χ2v) is 8.91. The van der Waals surface area contributed by atoms with Crippen molar-refractivity contribution in [2.24, 2.45) is 0 Å². The van der Waals surface area contributed by atoms with E-state index in [0.717, 1.165) is 25.2 Å². The number of nitrogens with zero attached hydrogens (tertiary/aromatic N) is 1. The average molecular weight is 438 g/mol. The van der Waals surface area contributed by atoms with Gasteiger partial charge in [0, 0.05) is 30.5 Å². The molecule has 4 heteroatoms. The number of para-hydroxylation sites is 1. The lowest BCUT2D eigenvalue weighted by atomic mass is 9.87. The third kappa shape index (κ3) is 4.93. The van der Waals surface area contributed by atoms with Gasteiger partial charge >= 0.3 is 0 Å². The number of likely N-dealkylation sites (tertiary alicyclic amines) is 1. The number of aromatic amines is 1. The second kappa shape index (κ2) is 10.2. The molecule has 0 radical (unpaired) electrons. The molecule has 4 aromatic rings. The summed E-state index contributed by atoms with van der Waals surface area (Å²) in [5.41, 5.74) is 9.88. The van der Waals surface area contributed by atoms with E-state index in [1.807, 2.05) is 12.2 Å². The first-order chi connectivity index (χ1) is 16.3. The standard InChI is InChI=1S/C29H31N3O/c33-30-18-6-8-22-14-16-23(17-15-22)20-32-19-7-11-25(21-32)28-26-12-4-5-13-27(26)31-29(28)24-9-2-1-3-10-24/h1-6,8-10,12-17,25,30-31,33H,7,11,18-21H2. The van der Waals surface area contributed by atoms with Crippen molar-refractivity contribution in [2.75, 3.05) is 19.6 Å². The third-order valence-corrected chi connectivity index (χ3v) is 6.63. The Kier molecular flexibility index (Phi) is 6.68. The van der Waals surface area contributed by atoms with Gasteiger partial charge in [-0.15, -0.1) is 0 Å². The average Bonchev–Trinajstić information content (AvgIpc) is 3.26. The Morgan fingerprint density at radius 2 is 1.76 bits per heavy atom. The molecule has 1 fully saturated rings. The Balaban J connectivity index is 1.37. The lowest BCUT2D eigenvalue weighted by molar-refractivity contribution is 0.180. The molecule has 4 nitrogen and oxygen atoms in total. The second-order valence-electron chi connectivity index (χ2n) is 8.91. The molecule has 2 heterocycles. The van der Waals surface area contributed by atoms with E-state index in [4.69, 9.17) is 5.21 Å². The number of aromatic nitrogens is 1. The summed E-state index contributed by atoms with van der Waals surface area (Å²) in [5, 5.41) is 10.1. The van der Waals surface area contributed by atoms with Gasteiger partial charge in [-0.05, 0) is 53.6 Å². The van der Waals surface area contributed by atoms with E-state index in [-0.39, 0.29) is 0 Å². The lowest BCUT2D eigenvalue weighted by Gasteiger charge is -2.33. The normalized spacial score (nSPS) is 17.2. The van der Waals surface area contributed by atoms with E-state index in [0.29, 0.717) is 12.5 Å². The number of fused-ring (bicyclic) bond motifs is 1. The van der Waals surface area contributed by atoms with E-state index in [2.05, 4.69) is 94.2 Å². The molecule has 3 N–H and O–H groups in total. The molecule has 1 aromatic heterocycles. The van der Waals surface area contributed by atoms with Crippen molar-refractivity contribution in [3.05, 3.63) is 102 Å². The first-order valence-electron chi connectivity index (χ1n) is 11.8. The molecular weight excluding hydrogens is 406 g/mol. The summed E-state index contributed by atoms with van der Waals surface area (Å²) < 4.78 is 0. The topological polar surface area (TPSA) is 51.3 Å². The molecular formula is C29H31N3O. The van der Waals surface area contributed by atoms with Gasteiger partial charge in [0.2, 0.25) is 0 Å². The maximum absolute atomic E-state index is 8.69. The number of hydrogen-bond donors (Lipinski definition) is 3. The van der Waals surface area contributed by atoms with Crippen LogP contribution in [-0.2, 0) is 6.54 Å². The minimum Gasteiger partial charge on any atom is -0.354 e. The molecule has 1 aliphatic rings. The van der Waals surface area contributed by atoms with Crippen LogP contribution in [0.3, 0.4) is 0 Å². The zero-order valence-corrected chi connectivity index (χ0v) is 18.9. The molecule has 0 saturated carbocycles. The van der Waals surface area contributed by atoms with Crippen LogP contribution in [-0.4, -0.2) is 34.7 Å². The SMILES string of the molecule is ONCC=Cc1ccc(CN2CCCC(c3c(-c4ccccc4)[nH]c4ccccc34)C2)cc1. The molecule has 3 aromatic carbocycles. The van der Waals surface area contributed by atoms with Gasteiger partial charge in [-0.3, -0.25) is 4.90 Å².